The molecule has 1 saturated heterocycles. The lowest BCUT2D eigenvalue weighted by Crippen LogP contribution is -2.01. The van der Waals surface area contributed by atoms with E-state index in [0.29, 0.717) is 6.23 Å². The van der Waals surface area contributed by atoms with Crippen molar-refractivity contribution in [3.05, 3.63) is 0 Å². The lowest BCUT2D eigenvalue weighted by molar-refractivity contribution is 0.198. The predicted molar refractivity (Wildman–Crippen MR) is 36.8 cm³/mol. The van der Waals surface area contributed by atoms with E-state index in [1.165, 1.54) is 19.3 Å². The minimum absolute atomic E-state index is 0.468. The van der Waals surface area contributed by atoms with Crippen molar-refractivity contribution in [1.82, 2.24) is 5.06 Å². The Balaban J connectivity index is 1.96. The first-order valence-electron chi connectivity index (χ1n) is 3.82. The molecule has 2 heteroatoms. The first-order valence-corrected chi connectivity index (χ1v) is 3.82. The van der Waals surface area contributed by atoms with Crippen LogP contribution in [0.15, 0.2) is 0 Å². The molecule has 54 valence electrons. The monoisotopic (exact) mass is 129 g/mol. The molecule has 0 aromatic heterocycles. The smallest absolute Gasteiger partial charge is 0.154 e. The second-order valence-electron chi connectivity index (χ2n) is 2.49. The van der Waals surface area contributed by atoms with Crippen molar-refractivity contribution in [3.8, 4) is 0 Å². The van der Waals surface area contributed by atoms with E-state index in [4.69, 9.17) is 4.84 Å². The number of nitrogens with zero attached hydrogens (tertiary/aromatic N) is 1. The molecule has 0 radical (unpaired) electrons. The Labute approximate surface area is 56.8 Å². The van der Waals surface area contributed by atoms with E-state index in [-0.39, 0.29) is 0 Å². The van der Waals surface area contributed by atoms with Gasteiger partial charge >= 0.3 is 0 Å². The van der Waals surface area contributed by atoms with Gasteiger partial charge in [-0.05, 0) is 12.8 Å². The number of hydroxylamine groups is 2. The van der Waals surface area contributed by atoms with Gasteiger partial charge in [-0.3, -0.25) is 4.84 Å². The van der Waals surface area contributed by atoms with Gasteiger partial charge in [0.1, 0.15) is 0 Å². The van der Waals surface area contributed by atoms with Crippen LogP contribution in [0.3, 0.4) is 0 Å². The quantitative estimate of drug-likeness (QED) is 0.537. The van der Waals surface area contributed by atoms with Crippen LogP contribution in [0, 0.1) is 0 Å². The maximum atomic E-state index is 5.23. The zero-order chi connectivity index (χ0) is 6.69. The maximum Gasteiger partial charge on any atom is 0.154 e. The Morgan fingerprint density at radius 2 is 2.11 bits per heavy atom. The van der Waals surface area contributed by atoms with Crippen LogP contribution in [0.1, 0.15) is 33.1 Å². The third kappa shape index (κ3) is 1.95. The van der Waals surface area contributed by atoms with E-state index in [2.05, 4.69) is 18.9 Å². The Morgan fingerprint density at radius 3 is 2.67 bits per heavy atom. The van der Waals surface area contributed by atoms with Crippen molar-refractivity contribution >= 4 is 0 Å². The molecule has 0 saturated carbocycles. The third-order valence-corrected chi connectivity index (χ3v) is 1.51. The van der Waals surface area contributed by atoms with Crippen LogP contribution in [-0.4, -0.2) is 17.8 Å². The highest BCUT2D eigenvalue weighted by Crippen LogP contribution is 2.23. The SMILES string of the molecule is CCC[C@H]1ON1CCC. The van der Waals surface area contributed by atoms with E-state index in [1.807, 2.05) is 0 Å². The van der Waals surface area contributed by atoms with Gasteiger partial charge in [-0.15, -0.1) is 0 Å². The molecule has 1 fully saturated rings. The van der Waals surface area contributed by atoms with Crippen LogP contribution in [0.5, 0.6) is 0 Å². The van der Waals surface area contributed by atoms with Gasteiger partial charge in [-0.25, -0.2) is 0 Å². The molecule has 0 N–H and O–H groups in total. The molecule has 1 rings (SSSR count). The fourth-order valence-corrected chi connectivity index (χ4v) is 0.990. The highest BCUT2D eigenvalue weighted by molar-refractivity contribution is 4.63. The van der Waals surface area contributed by atoms with Crippen molar-refractivity contribution < 1.29 is 4.84 Å². The van der Waals surface area contributed by atoms with Crippen molar-refractivity contribution in [3.63, 3.8) is 0 Å². The van der Waals surface area contributed by atoms with Crippen molar-refractivity contribution in [2.75, 3.05) is 6.54 Å². The molecule has 2 nitrogen and oxygen atoms in total. The third-order valence-electron chi connectivity index (χ3n) is 1.51. The minimum atomic E-state index is 0.468. The van der Waals surface area contributed by atoms with Gasteiger partial charge < -0.3 is 0 Å². The Kier molecular flexibility index (Phi) is 2.49. The highest BCUT2D eigenvalue weighted by Gasteiger charge is 2.33. The lowest BCUT2D eigenvalue weighted by Gasteiger charge is -1.90. The summed E-state index contributed by atoms with van der Waals surface area (Å²) in [6.07, 6.45) is 4.08. The van der Waals surface area contributed by atoms with Crippen molar-refractivity contribution in [2.24, 2.45) is 0 Å². The van der Waals surface area contributed by atoms with E-state index < -0.39 is 0 Å². The summed E-state index contributed by atoms with van der Waals surface area (Å²) in [7, 11) is 0. The number of hydrogen-bond acceptors (Lipinski definition) is 2. The fraction of sp³-hybridized carbons (Fsp3) is 1.00. The van der Waals surface area contributed by atoms with Gasteiger partial charge in [0.05, 0.1) is 0 Å². The second-order valence-corrected chi connectivity index (χ2v) is 2.49. The first kappa shape index (κ1) is 7.03. The number of hydrogen-bond donors (Lipinski definition) is 0. The molecule has 0 aromatic rings. The molecule has 0 aromatic carbocycles. The van der Waals surface area contributed by atoms with E-state index in [0.717, 1.165) is 6.54 Å². The number of rotatable bonds is 4. The zero-order valence-corrected chi connectivity index (χ0v) is 6.26. The molecule has 1 unspecified atom stereocenters. The largest absolute Gasteiger partial charge is 0.275 e. The predicted octanol–water partition coefficient (Wildman–Crippen LogP) is 1.77. The molecular formula is C7H15NO. The Bertz CT molecular complexity index is 75.0. The molecule has 2 atom stereocenters. The van der Waals surface area contributed by atoms with E-state index >= 15 is 0 Å². The summed E-state index contributed by atoms with van der Waals surface area (Å²) in [4.78, 5) is 5.23. The van der Waals surface area contributed by atoms with Crippen LogP contribution in [0.25, 0.3) is 0 Å². The summed E-state index contributed by atoms with van der Waals surface area (Å²) in [5.41, 5.74) is 0. The zero-order valence-electron chi connectivity index (χ0n) is 6.26. The van der Waals surface area contributed by atoms with Gasteiger partial charge in [-0.1, -0.05) is 20.3 Å². The average Bonchev–Trinajstić information content (AvgIpc) is 2.50. The van der Waals surface area contributed by atoms with E-state index in [1.54, 1.807) is 0 Å². The van der Waals surface area contributed by atoms with Crippen molar-refractivity contribution in [2.45, 2.75) is 39.3 Å². The molecule has 0 bridgehead atoms. The van der Waals surface area contributed by atoms with Gasteiger partial charge in [0, 0.05) is 6.54 Å². The molecule has 1 heterocycles. The summed E-state index contributed by atoms with van der Waals surface area (Å²) in [5.74, 6) is 0. The van der Waals surface area contributed by atoms with Gasteiger partial charge in [0.15, 0.2) is 6.23 Å². The Morgan fingerprint density at radius 1 is 1.33 bits per heavy atom. The fourth-order valence-electron chi connectivity index (χ4n) is 0.990. The maximum absolute atomic E-state index is 5.23. The standard InChI is InChI=1S/C7H15NO/c1-3-5-7-8(9-7)6-4-2/h7H,3-6H2,1-2H3/t7-,8?/m1/s1. The van der Waals surface area contributed by atoms with Crippen LogP contribution in [0.4, 0.5) is 0 Å². The normalized spacial score (nSPS) is 32.7. The van der Waals surface area contributed by atoms with Crippen molar-refractivity contribution in [1.29, 1.82) is 0 Å². The molecule has 0 amide bonds. The lowest BCUT2D eigenvalue weighted by atomic mass is 10.3. The van der Waals surface area contributed by atoms with Crippen LogP contribution < -0.4 is 0 Å². The molecule has 9 heavy (non-hydrogen) atoms. The molecule has 1 aliphatic rings. The van der Waals surface area contributed by atoms with E-state index in [9.17, 15) is 0 Å². The topological polar surface area (TPSA) is 15.5 Å². The first-order chi connectivity index (χ1) is 4.38. The van der Waals surface area contributed by atoms with Crippen LogP contribution in [-0.2, 0) is 4.84 Å². The summed E-state index contributed by atoms with van der Waals surface area (Å²) in [5, 5.41) is 2.06. The second kappa shape index (κ2) is 3.18. The molecule has 1 aliphatic heterocycles. The molecule has 0 spiro atoms. The summed E-state index contributed by atoms with van der Waals surface area (Å²) < 4.78 is 0. The summed E-state index contributed by atoms with van der Waals surface area (Å²) >= 11 is 0. The van der Waals surface area contributed by atoms with Crippen LogP contribution >= 0.6 is 0 Å². The average molecular weight is 129 g/mol. The summed E-state index contributed by atoms with van der Waals surface area (Å²) in [6.45, 7) is 5.46. The molecule has 0 aliphatic carbocycles. The van der Waals surface area contributed by atoms with Gasteiger partial charge in [0.25, 0.3) is 0 Å². The Hall–Kier alpha value is -0.0800. The molecular weight excluding hydrogens is 114 g/mol. The summed E-state index contributed by atoms with van der Waals surface area (Å²) in [6, 6.07) is 0. The van der Waals surface area contributed by atoms with Gasteiger partial charge in [-0.2, -0.15) is 5.06 Å². The highest BCUT2D eigenvalue weighted by atomic mass is 16.8. The van der Waals surface area contributed by atoms with Crippen LogP contribution in [0.2, 0.25) is 0 Å². The minimum Gasteiger partial charge on any atom is -0.275 e. The van der Waals surface area contributed by atoms with Gasteiger partial charge in [0.2, 0.25) is 0 Å².